The molecule has 0 aliphatic heterocycles. The fraction of sp³-hybridized carbons (Fsp3) is 0.320. The summed E-state index contributed by atoms with van der Waals surface area (Å²) in [6, 6.07) is 11.4. The number of aryl methyl sites for hydroxylation is 1. The normalized spacial score (nSPS) is 11.6. The predicted molar refractivity (Wildman–Crippen MR) is 139 cm³/mol. The third kappa shape index (κ3) is 6.10. The van der Waals surface area contributed by atoms with Gasteiger partial charge >= 0.3 is 0 Å². The molecule has 2 heterocycles. The Morgan fingerprint density at radius 2 is 1.75 bits per heavy atom. The first-order valence-corrected chi connectivity index (χ1v) is 13.4. The summed E-state index contributed by atoms with van der Waals surface area (Å²) in [5.74, 6) is 1.34. The second-order valence-corrected chi connectivity index (χ2v) is 10.6. The van der Waals surface area contributed by atoms with Crippen molar-refractivity contribution in [2.45, 2.75) is 13.0 Å². The molecule has 0 saturated carbocycles. The number of aliphatic hydroxyl groups is 1. The van der Waals surface area contributed by atoms with Gasteiger partial charge in [0.05, 0.1) is 55.6 Å². The number of hydrogen-bond acceptors (Lipinski definition) is 9. The molecule has 36 heavy (non-hydrogen) atoms. The molecule has 10 nitrogen and oxygen atoms in total. The zero-order valence-corrected chi connectivity index (χ0v) is 21.3. The van der Waals surface area contributed by atoms with E-state index in [0.717, 1.165) is 22.5 Å². The molecule has 0 radical (unpaired) electrons. The predicted octanol–water partition coefficient (Wildman–Crippen LogP) is 3.08. The summed E-state index contributed by atoms with van der Waals surface area (Å²) >= 11 is 0. The molecule has 0 aliphatic carbocycles. The van der Waals surface area contributed by atoms with Gasteiger partial charge in [0.15, 0.2) is 0 Å². The summed E-state index contributed by atoms with van der Waals surface area (Å²) < 4.78 is 35.4. The number of ether oxygens (including phenoxy) is 2. The van der Waals surface area contributed by atoms with E-state index in [-0.39, 0.29) is 18.9 Å². The molecule has 0 aliphatic rings. The number of anilines is 2. The van der Waals surface area contributed by atoms with Crippen LogP contribution in [-0.2, 0) is 16.4 Å². The molecule has 1 N–H and O–H groups in total. The lowest BCUT2D eigenvalue weighted by Crippen LogP contribution is -2.19. The third-order valence-electron chi connectivity index (χ3n) is 5.65. The molecular formula is C25H29N5O5S. The highest BCUT2D eigenvalue weighted by molar-refractivity contribution is 7.90. The number of aliphatic hydroxyl groups excluding tert-OH is 1. The van der Waals surface area contributed by atoms with Crippen LogP contribution in [0.4, 0.5) is 11.4 Å². The van der Waals surface area contributed by atoms with Gasteiger partial charge in [-0.25, -0.2) is 13.4 Å². The SMILES string of the molecule is COc1cc(OC)cc(N(CCCO)c2ccc3ncc(-c4cnn(CCS(C)(=O)=O)c4)nc3c2)c1. The number of fused-ring (bicyclic) bond motifs is 1. The van der Waals surface area contributed by atoms with Crippen molar-refractivity contribution in [3.05, 3.63) is 55.0 Å². The van der Waals surface area contributed by atoms with Gasteiger partial charge in [0.25, 0.3) is 0 Å². The van der Waals surface area contributed by atoms with Gasteiger partial charge in [-0.2, -0.15) is 5.10 Å². The molecule has 0 atom stereocenters. The van der Waals surface area contributed by atoms with Gasteiger partial charge in [-0.05, 0) is 24.6 Å². The maximum atomic E-state index is 11.5. The van der Waals surface area contributed by atoms with Gasteiger partial charge in [-0.3, -0.25) is 9.67 Å². The molecule has 2 aromatic carbocycles. The Kier molecular flexibility index (Phi) is 7.70. The van der Waals surface area contributed by atoms with Crippen LogP contribution in [0.2, 0.25) is 0 Å². The van der Waals surface area contributed by atoms with E-state index in [1.165, 1.54) is 6.26 Å². The van der Waals surface area contributed by atoms with Gasteiger partial charge in [-0.1, -0.05) is 0 Å². The van der Waals surface area contributed by atoms with Crippen LogP contribution in [0, 0.1) is 0 Å². The first-order valence-electron chi connectivity index (χ1n) is 11.4. The van der Waals surface area contributed by atoms with Crippen LogP contribution >= 0.6 is 0 Å². The van der Waals surface area contributed by atoms with Crippen molar-refractivity contribution in [3.63, 3.8) is 0 Å². The lowest BCUT2D eigenvalue weighted by Gasteiger charge is -2.26. The van der Waals surface area contributed by atoms with E-state index in [9.17, 15) is 13.5 Å². The quantitative estimate of drug-likeness (QED) is 0.324. The van der Waals surface area contributed by atoms with E-state index in [0.29, 0.717) is 35.7 Å². The summed E-state index contributed by atoms with van der Waals surface area (Å²) in [6.45, 7) is 0.894. The number of hydrogen-bond donors (Lipinski definition) is 1. The van der Waals surface area contributed by atoms with Crippen LogP contribution in [0.25, 0.3) is 22.3 Å². The Morgan fingerprint density at radius 1 is 1.00 bits per heavy atom. The van der Waals surface area contributed by atoms with Crippen molar-refractivity contribution in [3.8, 4) is 22.8 Å². The van der Waals surface area contributed by atoms with Crippen LogP contribution in [0.1, 0.15) is 6.42 Å². The molecule has 2 aromatic heterocycles. The molecule has 0 unspecified atom stereocenters. The molecule has 0 spiro atoms. The molecule has 11 heteroatoms. The lowest BCUT2D eigenvalue weighted by atomic mass is 10.1. The van der Waals surface area contributed by atoms with Crippen molar-refractivity contribution in [2.24, 2.45) is 0 Å². The topological polar surface area (TPSA) is 120 Å². The summed E-state index contributed by atoms with van der Waals surface area (Å²) in [4.78, 5) is 11.4. The molecule has 190 valence electrons. The smallest absolute Gasteiger partial charge is 0.149 e. The zero-order chi connectivity index (χ0) is 25.7. The van der Waals surface area contributed by atoms with E-state index >= 15 is 0 Å². The van der Waals surface area contributed by atoms with Crippen molar-refractivity contribution in [2.75, 3.05) is 44.3 Å². The number of nitrogens with zero attached hydrogens (tertiary/aromatic N) is 5. The molecule has 0 bridgehead atoms. The van der Waals surface area contributed by atoms with Gasteiger partial charge < -0.3 is 19.5 Å². The highest BCUT2D eigenvalue weighted by atomic mass is 32.2. The second kappa shape index (κ2) is 10.9. The highest BCUT2D eigenvalue weighted by Crippen LogP contribution is 2.34. The van der Waals surface area contributed by atoms with Crippen LogP contribution in [0.5, 0.6) is 11.5 Å². The third-order valence-corrected chi connectivity index (χ3v) is 6.57. The number of aromatic nitrogens is 4. The minimum atomic E-state index is -3.08. The van der Waals surface area contributed by atoms with Gasteiger partial charge in [0.2, 0.25) is 0 Å². The van der Waals surface area contributed by atoms with Gasteiger partial charge in [-0.15, -0.1) is 0 Å². The maximum Gasteiger partial charge on any atom is 0.149 e. The van der Waals surface area contributed by atoms with Crippen LogP contribution in [0.3, 0.4) is 0 Å². The Bertz CT molecular complexity index is 1430. The van der Waals surface area contributed by atoms with E-state index in [4.69, 9.17) is 14.5 Å². The first-order chi connectivity index (χ1) is 17.3. The maximum absolute atomic E-state index is 11.5. The molecule has 0 amide bonds. The van der Waals surface area contributed by atoms with E-state index in [2.05, 4.69) is 15.0 Å². The summed E-state index contributed by atoms with van der Waals surface area (Å²) in [5.41, 5.74) is 4.54. The average molecular weight is 512 g/mol. The highest BCUT2D eigenvalue weighted by Gasteiger charge is 2.15. The summed E-state index contributed by atoms with van der Waals surface area (Å²) in [7, 11) is 0.125. The molecule has 4 aromatic rings. The van der Waals surface area contributed by atoms with Crippen LogP contribution in [0.15, 0.2) is 55.0 Å². The van der Waals surface area contributed by atoms with Crippen molar-refractivity contribution in [1.82, 2.24) is 19.7 Å². The molecule has 0 saturated heterocycles. The Morgan fingerprint density at radius 3 is 2.42 bits per heavy atom. The summed E-state index contributed by atoms with van der Waals surface area (Å²) in [5, 5.41) is 13.7. The van der Waals surface area contributed by atoms with Gasteiger partial charge in [0, 0.05) is 60.7 Å². The van der Waals surface area contributed by atoms with Crippen molar-refractivity contribution >= 4 is 32.2 Å². The number of rotatable bonds is 11. The van der Waals surface area contributed by atoms with Crippen LogP contribution < -0.4 is 14.4 Å². The summed E-state index contributed by atoms with van der Waals surface area (Å²) in [6.07, 6.45) is 6.86. The van der Waals surface area contributed by atoms with E-state index < -0.39 is 9.84 Å². The Balaban J connectivity index is 1.69. The second-order valence-electron chi connectivity index (χ2n) is 8.35. The first kappa shape index (κ1) is 25.4. The largest absolute Gasteiger partial charge is 0.497 e. The van der Waals surface area contributed by atoms with Crippen LogP contribution in [-0.4, -0.2) is 72.7 Å². The standard InChI is InChI=1S/C25H29N5O5S/c1-34-21-11-20(12-22(14-21)35-2)30(7-4-9-31)19-5-6-23-24(13-19)28-25(16-26-23)18-15-27-29(17-18)8-10-36(3,32)33/h5-6,11-17,31H,4,7-10H2,1-3H3. The number of benzene rings is 2. The lowest BCUT2D eigenvalue weighted by molar-refractivity contribution is 0.291. The average Bonchev–Trinajstić information content (AvgIpc) is 3.36. The van der Waals surface area contributed by atoms with Crippen molar-refractivity contribution < 1.29 is 23.0 Å². The van der Waals surface area contributed by atoms with Gasteiger partial charge in [0.1, 0.15) is 21.3 Å². The minimum Gasteiger partial charge on any atom is -0.497 e. The fourth-order valence-electron chi connectivity index (χ4n) is 3.77. The molecule has 0 fully saturated rings. The van der Waals surface area contributed by atoms with Crippen molar-refractivity contribution in [1.29, 1.82) is 0 Å². The Labute approximate surface area is 210 Å². The van der Waals surface area contributed by atoms with E-state index in [1.54, 1.807) is 37.5 Å². The zero-order valence-electron chi connectivity index (χ0n) is 20.5. The Hall–Kier alpha value is -3.70. The number of methoxy groups -OCH3 is 2. The number of sulfone groups is 1. The fourth-order valence-corrected chi connectivity index (χ4v) is 4.29. The molecular weight excluding hydrogens is 482 g/mol. The van der Waals surface area contributed by atoms with E-state index in [1.807, 2.05) is 36.4 Å². The minimum absolute atomic E-state index is 0.0135. The molecule has 4 rings (SSSR count). The monoisotopic (exact) mass is 511 g/mol.